The van der Waals surface area contributed by atoms with E-state index >= 15 is 0 Å². The third-order valence-corrected chi connectivity index (χ3v) is 2.78. The lowest BCUT2D eigenvalue weighted by atomic mass is 10.2. The highest BCUT2D eigenvalue weighted by Crippen LogP contribution is 2.23. The molecule has 0 aliphatic heterocycles. The molecule has 106 valence electrons. The van der Waals surface area contributed by atoms with Crippen LogP contribution in [0, 0.1) is 11.6 Å². The molecule has 2 aromatic carbocycles. The Balaban J connectivity index is 2.05. The summed E-state index contributed by atoms with van der Waals surface area (Å²) in [6.45, 7) is 3.81. The Kier molecular flexibility index (Phi) is 5.07. The van der Waals surface area contributed by atoms with Crippen LogP contribution in [-0.4, -0.2) is 6.54 Å². The molecule has 0 saturated carbocycles. The number of halogens is 2. The standard InChI is InChI=1S/C16H17F2NO/c1-2-8-19-11-12-4-3-5-13(9-12)20-14-6-7-15(17)16(18)10-14/h3-7,9-10,19H,2,8,11H2,1H3. The second-order valence-corrected chi connectivity index (χ2v) is 4.50. The first-order valence-electron chi connectivity index (χ1n) is 6.61. The average Bonchev–Trinajstić information content (AvgIpc) is 2.44. The second-order valence-electron chi connectivity index (χ2n) is 4.50. The molecule has 0 aliphatic rings. The molecule has 0 fully saturated rings. The number of nitrogens with one attached hydrogen (secondary N) is 1. The fourth-order valence-corrected chi connectivity index (χ4v) is 1.80. The lowest BCUT2D eigenvalue weighted by Gasteiger charge is -2.08. The monoisotopic (exact) mass is 277 g/mol. The summed E-state index contributed by atoms with van der Waals surface area (Å²) in [6, 6.07) is 11.0. The minimum Gasteiger partial charge on any atom is -0.457 e. The van der Waals surface area contributed by atoms with Gasteiger partial charge in [0, 0.05) is 12.6 Å². The Labute approximate surface area is 117 Å². The average molecular weight is 277 g/mol. The van der Waals surface area contributed by atoms with Gasteiger partial charge in [0.15, 0.2) is 11.6 Å². The summed E-state index contributed by atoms with van der Waals surface area (Å²) in [7, 11) is 0. The Hall–Kier alpha value is -1.94. The maximum atomic E-state index is 13.1. The van der Waals surface area contributed by atoms with Gasteiger partial charge < -0.3 is 10.1 Å². The summed E-state index contributed by atoms with van der Waals surface area (Å²) in [6.07, 6.45) is 1.07. The van der Waals surface area contributed by atoms with Gasteiger partial charge in [-0.15, -0.1) is 0 Å². The van der Waals surface area contributed by atoms with E-state index < -0.39 is 11.6 Å². The third-order valence-electron chi connectivity index (χ3n) is 2.78. The highest BCUT2D eigenvalue weighted by molar-refractivity contribution is 5.34. The van der Waals surface area contributed by atoms with Gasteiger partial charge in [0.05, 0.1) is 0 Å². The fourth-order valence-electron chi connectivity index (χ4n) is 1.80. The Morgan fingerprint density at radius 3 is 2.55 bits per heavy atom. The largest absolute Gasteiger partial charge is 0.457 e. The van der Waals surface area contributed by atoms with E-state index in [-0.39, 0.29) is 5.75 Å². The molecule has 0 bridgehead atoms. The molecule has 0 heterocycles. The number of benzene rings is 2. The SMILES string of the molecule is CCCNCc1cccc(Oc2ccc(F)c(F)c2)c1. The summed E-state index contributed by atoms with van der Waals surface area (Å²) in [5, 5.41) is 3.29. The van der Waals surface area contributed by atoms with E-state index in [1.165, 1.54) is 6.07 Å². The summed E-state index contributed by atoms with van der Waals surface area (Å²) < 4.78 is 31.5. The predicted octanol–water partition coefficient (Wildman–Crippen LogP) is 4.26. The van der Waals surface area contributed by atoms with Gasteiger partial charge in [0.2, 0.25) is 0 Å². The van der Waals surface area contributed by atoms with Crippen LogP contribution in [0.4, 0.5) is 8.78 Å². The van der Waals surface area contributed by atoms with Crippen LogP contribution in [0.1, 0.15) is 18.9 Å². The quantitative estimate of drug-likeness (QED) is 0.797. The van der Waals surface area contributed by atoms with Gasteiger partial charge in [-0.05, 0) is 42.8 Å². The zero-order chi connectivity index (χ0) is 14.4. The minimum atomic E-state index is -0.914. The first-order chi connectivity index (χ1) is 9.69. The van der Waals surface area contributed by atoms with Gasteiger partial charge in [0.25, 0.3) is 0 Å². The zero-order valence-electron chi connectivity index (χ0n) is 11.3. The van der Waals surface area contributed by atoms with Crippen LogP contribution >= 0.6 is 0 Å². The Morgan fingerprint density at radius 1 is 1.00 bits per heavy atom. The molecule has 0 aliphatic carbocycles. The molecule has 0 atom stereocenters. The molecule has 4 heteroatoms. The molecule has 1 N–H and O–H groups in total. The molecule has 0 radical (unpaired) electrons. The van der Waals surface area contributed by atoms with Gasteiger partial charge >= 0.3 is 0 Å². The molecular formula is C16H17F2NO. The van der Waals surface area contributed by atoms with E-state index in [4.69, 9.17) is 4.74 Å². The molecule has 0 spiro atoms. The van der Waals surface area contributed by atoms with Gasteiger partial charge in [-0.3, -0.25) is 0 Å². The van der Waals surface area contributed by atoms with Crippen LogP contribution in [0.5, 0.6) is 11.5 Å². The molecule has 0 aromatic heterocycles. The van der Waals surface area contributed by atoms with Crippen LogP contribution in [-0.2, 0) is 6.54 Å². The lowest BCUT2D eigenvalue weighted by molar-refractivity contribution is 0.461. The highest BCUT2D eigenvalue weighted by Gasteiger charge is 2.04. The van der Waals surface area contributed by atoms with Crippen molar-refractivity contribution < 1.29 is 13.5 Å². The van der Waals surface area contributed by atoms with Gasteiger partial charge in [-0.25, -0.2) is 8.78 Å². The van der Waals surface area contributed by atoms with E-state index in [1.807, 2.05) is 18.2 Å². The minimum absolute atomic E-state index is 0.280. The van der Waals surface area contributed by atoms with E-state index in [9.17, 15) is 8.78 Å². The normalized spacial score (nSPS) is 10.6. The zero-order valence-corrected chi connectivity index (χ0v) is 11.3. The molecule has 0 saturated heterocycles. The maximum absolute atomic E-state index is 13.1. The molecule has 0 amide bonds. The topological polar surface area (TPSA) is 21.3 Å². The Bertz CT molecular complexity index is 572. The van der Waals surface area contributed by atoms with Gasteiger partial charge in [0.1, 0.15) is 11.5 Å². The number of rotatable bonds is 6. The van der Waals surface area contributed by atoms with E-state index in [2.05, 4.69) is 12.2 Å². The number of hydrogen-bond donors (Lipinski definition) is 1. The van der Waals surface area contributed by atoms with Crippen molar-refractivity contribution in [3.8, 4) is 11.5 Å². The highest BCUT2D eigenvalue weighted by atomic mass is 19.2. The van der Waals surface area contributed by atoms with Crippen molar-refractivity contribution in [1.29, 1.82) is 0 Å². The summed E-state index contributed by atoms with van der Waals surface area (Å²) >= 11 is 0. The van der Waals surface area contributed by atoms with Crippen molar-refractivity contribution in [2.45, 2.75) is 19.9 Å². The first-order valence-corrected chi connectivity index (χ1v) is 6.61. The van der Waals surface area contributed by atoms with Crippen molar-refractivity contribution >= 4 is 0 Å². The van der Waals surface area contributed by atoms with Crippen LogP contribution < -0.4 is 10.1 Å². The van der Waals surface area contributed by atoms with Crippen LogP contribution in [0.15, 0.2) is 42.5 Å². The second kappa shape index (κ2) is 7.01. The first kappa shape index (κ1) is 14.5. The summed E-state index contributed by atoms with van der Waals surface area (Å²) in [5.41, 5.74) is 1.08. The summed E-state index contributed by atoms with van der Waals surface area (Å²) in [4.78, 5) is 0. The smallest absolute Gasteiger partial charge is 0.162 e. The molecule has 0 unspecified atom stereocenters. The van der Waals surface area contributed by atoms with E-state index in [1.54, 1.807) is 6.07 Å². The van der Waals surface area contributed by atoms with Crippen molar-refractivity contribution in [2.75, 3.05) is 6.54 Å². The van der Waals surface area contributed by atoms with Crippen molar-refractivity contribution in [3.05, 3.63) is 59.7 Å². The van der Waals surface area contributed by atoms with Gasteiger partial charge in [-0.1, -0.05) is 19.1 Å². The van der Waals surface area contributed by atoms with Crippen molar-refractivity contribution in [2.24, 2.45) is 0 Å². The third kappa shape index (κ3) is 4.03. The van der Waals surface area contributed by atoms with E-state index in [0.29, 0.717) is 5.75 Å². The molecule has 2 aromatic rings. The lowest BCUT2D eigenvalue weighted by Crippen LogP contribution is -2.13. The van der Waals surface area contributed by atoms with Crippen molar-refractivity contribution in [3.63, 3.8) is 0 Å². The van der Waals surface area contributed by atoms with Crippen molar-refractivity contribution in [1.82, 2.24) is 5.32 Å². The molecular weight excluding hydrogens is 260 g/mol. The maximum Gasteiger partial charge on any atom is 0.162 e. The summed E-state index contributed by atoms with van der Waals surface area (Å²) in [5.74, 6) is -0.910. The Morgan fingerprint density at radius 2 is 1.80 bits per heavy atom. The van der Waals surface area contributed by atoms with Gasteiger partial charge in [-0.2, -0.15) is 0 Å². The fraction of sp³-hybridized carbons (Fsp3) is 0.250. The van der Waals surface area contributed by atoms with Crippen LogP contribution in [0.25, 0.3) is 0 Å². The molecule has 2 rings (SSSR count). The molecule has 20 heavy (non-hydrogen) atoms. The molecule has 2 nitrogen and oxygen atoms in total. The number of hydrogen-bond acceptors (Lipinski definition) is 2. The van der Waals surface area contributed by atoms with Crippen LogP contribution in [0.2, 0.25) is 0 Å². The predicted molar refractivity (Wildman–Crippen MR) is 74.9 cm³/mol. The van der Waals surface area contributed by atoms with E-state index in [0.717, 1.165) is 37.2 Å². The van der Waals surface area contributed by atoms with Crippen LogP contribution in [0.3, 0.4) is 0 Å². The number of ether oxygens (including phenoxy) is 1.